The molecule has 3 aromatic rings. The van der Waals surface area contributed by atoms with E-state index < -0.39 is 0 Å². The standard InChI is InChI=1S/C24H31N3.2ClH/c1-24(2,3)19-6-4-17(5-7-19)15-27-16-22(18-10-12-26-13-11-18)21-14-20(25)8-9-23(21)27;;/h4-9,14,16,18,26H,10-13,15,25H2,1-3H3;2*1H. The van der Waals surface area contributed by atoms with Crippen molar-refractivity contribution in [2.45, 2.75) is 51.5 Å². The number of fused-ring (bicyclic) bond motifs is 1. The summed E-state index contributed by atoms with van der Waals surface area (Å²) >= 11 is 0. The second-order valence-electron chi connectivity index (χ2n) is 8.96. The Balaban J connectivity index is 0.00000150. The van der Waals surface area contributed by atoms with Crippen LogP contribution in [-0.2, 0) is 12.0 Å². The zero-order valence-electron chi connectivity index (χ0n) is 17.6. The van der Waals surface area contributed by atoms with Gasteiger partial charge in [-0.05, 0) is 72.2 Å². The first-order valence-electron chi connectivity index (χ1n) is 10.1. The molecule has 0 radical (unpaired) electrons. The van der Waals surface area contributed by atoms with Gasteiger partial charge in [0.05, 0.1) is 0 Å². The van der Waals surface area contributed by atoms with E-state index in [2.05, 4.69) is 73.3 Å². The van der Waals surface area contributed by atoms with E-state index >= 15 is 0 Å². The fourth-order valence-electron chi connectivity index (χ4n) is 4.24. The molecule has 2 aromatic carbocycles. The van der Waals surface area contributed by atoms with Crippen LogP contribution in [0.25, 0.3) is 10.9 Å². The van der Waals surface area contributed by atoms with Crippen molar-refractivity contribution in [1.29, 1.82) is 0 Å². The molecule has 0 aliphatic carbocycles. The lowest BCUT2D eigenvalue weighted by Gasteiger charge is -2.22. The number of piperidine rings is 1. The Morgan fingerprint density at radius 3 is 2.28 bits per heavy atom. The zero-order valence-corrected chi connectivity index (χ0v) is 19.2. The van der Waals surface area contributed by atoms with Gasteiger partial charge >= 0.3 is 0 Å². The molecule has 158 valence electrons. The van der Waals surface area contributed by atoms with Crippen LogP contribution in [0.2, 0.25) is 0 Å². The highest BCUT2D eigenvalue weighted by atomic mass is 35.5. The molecule has 4 rings (SSSR count). The maximum atomic E-state index is 6.12. The summed E-state index contributed by atoms with van der Waals surface area (Å²) in [5.74, 6) is 0.625. The number of nitrogens with one attached hydrogen (secondary N) is 1. The number of aromatic nitrogens is 1. The van der Waals surface area contributed by atoms with Crippen LogP contribution in [0.3, 0.4) is 0 Å². The fraction of sp³-hybridized carbons (Fsp3) is 0.417. The van der Waals surface area contributed by atoms with Crippen LogP contribution in [0.4, 0.5) is 5.69 Å². The van der Waals surface area contributed by atoms with Crippen molar-refractivity contribution in [3.05, 3.63) is 65.4 Å². The van der Waals surface area contributed by atoms with E-state index in [-0.39, 0.29) is 30.2 Å². The first-order chi connectivity index (χ1) is 12.9. The van der Waals surface area contributed by atoms with E-state index in [1.54, 1.807) is 0 Å². The van der Waals surface area contributed by atoms with Crippen LogP contribution in [0.5, 0.6) is 0 Å². The predicted octanol–water partition coefficient (Wildman–Crippen LogP) is 5.88. The Morgan fingerprint density at radius 2 is 1.66 bits per heavy atom. The van der Waals surface area contributed by atoms with Gasteiger partial charge in [-0.15, -0.1) is 24.8 Å². The van der Waals surface area contributed by atoms with Gasteiger partial charge in [-0.2, -0.15) is 0 Å². The van der Waals surface area contributed by atoms with Gasteiger partial charge < -0.3 is 15.6 Å². The predicted molar refractivity (Wildman–Crippen MR) is 130 cm³/mol. The summed E-state index contributed by atoms with van der Waals surface area (Å²) in [5.41, 5.74) is 12.6. The minimum Gasteiger partial charge on any atom is -0.399 e. The summed E-state index contributed by atoms with van der Waals surface area (Å²) < 4.78 is 2.40. The van der Waals surface area contributed by atoms with Crippen LogP contribution in [0.15, 0.2) is 48.7 Å². The number of nitrogen functional groups attached to an aromatic ring is 1. The molecule has 29 heavy (non-hydrogen) atoms. The lowest BCUT2D eigenvalue weighted by Crippen LogP contribution is -2.26. The summed E-state index contributed by atoms with van der Waals surface area (Å²) in [4.78, 5) is 0. The fourth-order valence-corrected chi connectivity index (χ4v) is 4.24. The quantitative estimate of drug-likeness (QED) is 0.506. The molecule has 0 unspecified atom stereocenters. The number of nitrogens with two attached hydrogens (primary N) is 1. The van der Waals surface area contributed by atoms with Gasteiger partial charge in [0.1, 0.15) is 0 Å². The molecule has 2 heterocycles. The maximum absolute atomic E-state index is 6.12. The summed E-state index contributed by atoms with van der Waals surface area (Å²) in [6.45, 7) is 9.89. The van der Waals surface area contributed by atoms with Crippen molar-refractivity contribution in [1.82, 2.24) is 9.88 Å². The molecule has 3 N–H and O–H groups in total. The van der Waals surface area contributed by atoms with Gasteiger partial charge in [-0.3, -0.25) is 0 Å². The molecular formula is C24H33Cl2N3. The summed E-state index contributed by atoms with van der Waals surface area (Å²) in [6.07, 6.45) is 4.78. The van der Waals surface area contributed by atoms with E-state index in [1.165, 1.54) is 40.4 Å². The summed E-state index contributed by atoms with van der Waals surface area (Å²) in [7, 11) is 0. The zero-order chi connectivity index (χ0) is 19.0. The molecular weight excluding hydrogens is 401 g/mol. The third-order valence-electron chi connectivity index (χ3n) is 5.89. The average molecular weight is 434 g/mol. The van der Waals surface area contributed by atoms with E-state index in [1.807, 2.05) is 6.07 Å². The van der Waals surface area contributed by atoms with Crippen molar-refractivity contribution in [2.75, 3.05) is 18.8 Å². The van der Waals surface area contributed by atoms with Crippen LogP contribution >= 0.6 is 24.8 Å². The summed E-state index contributed by atoms with van der Waals surface area (Å²) in [5, 5.41) is 4.80. The summed E-state index contributed by atoms with van der Waals surface area (Å²) in [6, 6.07) is 15.4. The molecule has 1 aliphatic rings. The van der Waals surface area contributed by atoms with Gasteiger partial charge in [0.25, 0.3) is 0 Å². The minimum absolute atomic E-state index is 0. The molecule has 0 spiro atoms. The molecule has 1 aliphatic heterocycles. The monoisotopic (exact) mass is 433 g/mol. The molecule has 0 amide bonds. The number of benzene rings is 2. The smallest absolute Gasteiger partial charge is 0.0487 e. The molecule has 0 saturated carbocycles. The average Bonchev–Trinajstić information content (AvgIpc) is 3.00. The first-order valence-corrected chi connectivity index (χ1v) is 10.1. The number of rotatable bonds is 3. The molecule has 1 saturated heterocycles. The topological polar surface area (TPSA) is 43.0 Å². The van der Waals surface area contributed by atoms with Crippen LogP contribution < -0.4 is 11.1 Å². The second-order valence-corrected chi connectivity index (χ2v) is 8.96. The Bertz CT molecular complexity index is 933. The molecule has 1 fully saturated rings. The number of halogens is 2. The highest BCUT2D eigenvalue weighted by Gasteiger charge is 2.20. The van der Waals surface area contributed by atoms with Crippen molar-refractivity contribution in [3.8, 4) is 0 Å². The number of hydrogen-bond donors (Lipinski definition) is 2. The van der Waals surface area contributed by atoms with E-state index in [4.69, 9.17) is 5.73 Å². The van der Waals surface area contributed by atoms with Crippen molar-refractivity contribution >= 4 is 41.4 Å². The normalized spacial score (nSPS) is 15.0. The maximum Gasteiger partial charge on any atom is 0.0487 e. The van der Waals surface area contributed by atoms with Gasteiger partial charge in [0.15, 0.2) is 0 Å². The Kier molecular flexibility index (Phi) is 7.67. The molecule has 1 aromatic heterocycles. The number of nitrogens with zero attached hydrogens (tertiary/aromatic N) is 1. The minimum atomic E-state index is 0. The Labute approximate surface area is 186 Å². The van der Waals surface area contributed by atoms with Crippen molar-refractivity contribution in [2.24, 2.45) is 0 Å². The molecule has 0 bridgehead atoms. The molecule has 5 heteroatoms. The lowest BCUT2D eigenvalue weighted by atomic mass is 9.87. The van der Waals surface area contributed by atoms with Gasteiger partial charge in [-0.1, -0.05) is 45.0 Å². The third kappa shape index (κ3) is 5.09. The second kappa shape index (κ2) is 9.42. The first kappa shape index (κ1) is 23.6. The van der Waals surface area contributed by atoms with E-state index in [9.17, 15) is 0 Å². The lowest BCUT2D eigenvalue weighted by molar-refractivity contribution is 0.461. The van der Waals surface area contributed by atoms with Gasteiger partial charge in [0.2, 0.25) is 0 Å². The third-order valence-corrected chi connectivity index (χ3v) is 5.89. The SMILES string of the molecule is CC(C)(C)c1ccc(Cn2cc(C3CCNCC3)c3cc(N)ccc32)cc1.Cl.Cl. The van der Waals surface area contributed by atoms with E-state index in [0.717, 1.165) is 25.3 Å². The largest absolute Gasteiger partial charge is 0.399 e. The van der Waals surface area contributed by atoms with Crippen molar-refractivity contribution < 1.29 is 0 Å². The highest BCUT2D eigenvalue weighted by Crippen LogP contribution is 2.34. The Hall–Kier alpha value is -1.68. The van der Waals surface area contributed by atoms with Crippen LogP contribution in [0.1, 0.15) is 56.2 Å². The Morgan fingerprint density at radius 1 is 1.00 bits per heavy atom. The van der Waals surface area contributed by atoms with Crippen molar-refractivity contribution in [3.63, 3.8) is 0 Å². The highest BCUT2D eigenvalue weighted by molar-refractivity contribution is 5.87. The van der Waals surface area contributed by atoms with Crippen LogP contribution in [0, 0.1) is 0 Å². The number of hydrogen-bond acceptors (Lipinski definition) is 2. The number of anilines is 1. The van der Waals surface area contributed by atoms with Crippen LogP contribution in [-0.4, -0.2) is 17.7 Å². The van der Waals surface area contributed by atoms with Gasteiger partial charge in [-0.25, -0.2) is 0 Å². The van der Waals surface area contributed by atoms with E-state index in [0.29, 0.717) is 5.92 Å². The van der Waals surface area contributed by atoms with Gasteiger partial charge in [0, 0.05) is 29.3 Å². The molecule has 3 nitrogen and oxygen atoms in total. The molecule has 0 atom stereocenters.